The Morgan fingerprint density at radius 3 is 2.84 bits per heavy atom. The normalized spacial score (nSPS) is 11.9. The number of nitrogens with one attached hydrogen (secondary N) is 3. The fourth-order valence-corrected chi connectivity index (χ4v) is 1.80. The Morgan fingerprint density at radius 1 is 1.42 bits per heavy atom. The lowest BCUT2D eigenvalue weighted by Crippen LogP contribution is -2.48. The maximum absolute atomic E-state index is 11.5. The second-order valence-electron chi connectivity index (χ2n) is 4.33. The van der Waals surface area contributed by atoms with E-state index in [2.05, 4.69) is 23.1 Å². The number of amides is 2. The van der Waals surface area contributed by atoms with Crippen LogP contribution >= 0.6 is 11.6 Å². The third kappa shape index (κ3) is 6.42. The molecule has 1 aromatic carbocycles. The van der Waals surface area contributed by atoms with Crippen molar-refractivity contribution in [2.45, 2.75) is 32.4 Å². The van der Waals surface area contributed by atoms with Crippen LogP contribution in [0.4, 0.5) is 4.79 Å². The molecule has 0 heterocycles. The van der Waals surface area contributed by atoms with Crippen LogP contribution in [0.25, 0.3) is 0 Å². The second-order valence-corrected chi connectivity index (χ2v) is 4.74. The van der Waals surface area contributed by atoms with E-state index in [1.165, 1.54) is 0 Å². The summed E-state index contributed by atoms with van der Waals surface area (Å²) in [5, 5.41) is 3.35. The topological polar surface area (TPSA) is 79.2 Å². The second kappa shape index (κ2) is 8.74. The molecule has 0 fully saturated rings. The first-order valence-corrected chi connectivity index (χ1v) is 6.77. The zero-order chi connectivity index (χ0) is 14.1. The molecule has 0 aromatic heterocycles. The van der Waals surface area contributed by atoms with Gasteiger partial charge in [0.15, 0.2) is 0 Å². The van der Waals surface area contributed by atoms with Crippen LogP contribution in [0.2, 0.25) is 5.02 Å². The summed E-state index contributed by atoms with van der Waals surface area (Å²) in [5.74, 6) is 0. The molecule has 19 heavy (non-hydrogen) atoms. The molecule has 0 radical (unpaired) electrons. The average molecular weight is 285 g/mol. The number of hydrogen-bond acceptors (Lipinski definition) is 3. The highest BCUT2D eigenvalue weighted by atomic mass is 35.5. The van der Waals surface area contributed by atoms with Gasteiger partial charge in [-0.15, -0.1) is 0 Å². The minimum Gasteiger partial charge on any atom is -0.333 e. The first kappa shape index (κ1) is 15.8. The number of nitrogens with two attached hydrogens (primary N) is 1. The first-order valence-electron chi connectivity index (χ1n) is 6.39. The fraction of sp³-hybridized carbons (Fsp3) is 0.462. The van der Waals surface area contributed by atoms with Gasteiger partial charge in [0.25, 0.3) is 0 Å². The fourth-order valence-electron chi connectivity index (χ4n) is 1.60. The van der Waals surface area contributed by atoms with Gasteiger partial charge in [0.2, 0.25) is 0 Å². The van der Waals surface area contributed by atoms with E-state index in [1.807, 2.05) is 18.2 Å². The van der Waals surface area contributed by atoms with Crippen molar-refractivity contribution < 1.29 is 4.79 Å². The van der Waals surface area contributed by atoms with E-state index >= 15 is 0 Å². The third-order valence-electron chi connectivity index (χ3n) is 2.62. The first-order chi connectivity index (χ1) is 9.13. The van der Waals surface area contributed by atoms with Gasteiger partial charge in [-0.3, -0.25) is 5.43 Å². The van der Waals surface area contributed by atoms with Crippen molar-refractivity contribution in [3.63, 3.8) is 0 Å². The van der Waals surface area contributed by atoms with Crippen molar-refractivity contribution in [1.82, 2.24) is 16.2 Å². The van der Waals surface area contributed by atoms with E-state index in [-0.39, 0.29) is 12.1 Å². The van der Waals surface area contributed by atoms with Crippen LogP contribution in [0.3, 0.4) is 0 Å². The van der Waals surface area contributed by atoms with Gasteiger partial charge in [-0.25, -0.2) is 10.2 Å². The molecule has 0 aliphatic heterocycles. The number of rotatable bonds is 7. The number of hydrogen-bond donors (Lipinski definition) is 4. The highest BCUT2D eigenvalue weighted by Crippen LogP contribution is 2.13. The summed E-state index contributed by atoms with van der Waals surface area (Å²) in [6.45, 7) is 3.01. The van der Waals surface area contributed by atoms with Crippen LogP contribution in [-0.2, 0) is 6.54 Å². The summed E-state index contributed by atoms with van der Waals surface area (Å²) < 4.78 is 0. The van der Waals surface area contributed by atoms with Gasteiger partial charge in [0.05, 0.1) is 0 Å². The van der Waals surface area contributed by atoms with Gasteiger partial charge in [-0.2, -0.15) is 0 Å². The van der Waals surface area contributed by atoms with Gasteiger partial charge < -0.3 is 11.1 Å². The quantitative estimate of drug-likeness (QED) is 0.576. The number of carbonyl (C=O) groups excluding carboxylic acids is 1. The lowest BCUT2D eigenvalue weighted by molar-refractivity contribution is 0.235. The average Bonchev–Trinajstić information content (AvgIpc) is 2.38. The summed E-state index contributed by atoms with van der Waals surface area (Å²) in [5.41, 5.74) is 12.0. The van der Waals surface area contributed by atoms with Gasteiger partial charge in [0.1, 0.15) is 0 Å². The number of benzene rings is 1. The Balaban J connectivity index is 2.20. The smallest absolute Gasteiger partial charge is 0.329 e. The van der Waals surface area contributed by atoms with Gasteiger partial charge in [0, 0.05) is 24.2 Å². The Kier molecular flexibility index (Phi) is 7.25. The summed E-state index contributed by atoms with van der Waals surface area (Å²) in [6, 6.07) is 7.13. The van der Waals surface area contributed by atoms with Crippen molar-refractivity contribution in [3.8, 4) is 0 Å². The molecule has 1 aromatic rings. The monoisotopic (exact) mass is 284 g/mol. The highest BCUT2D eigenvalue weighted by Gasteiger charge is 2.04. The number of hydrazine groups is 1. The lowest BCUT2D eigenvalue weighted by Gasteiger charge is -2.13. The van der Waals surface area contributed by atoms with E-state index in [4.69, 9.17) is 17.3 Å². The van der Waals surface area contributed by atoms with E-state index in [0.29, 0.717) is 18.1 Å². The van der Waals surface area contributed by atoms with Crippen LogP contribution in [0.15, 0.2) is 24.3 Å². The highest BCUT2D eigenvalue weighted by molar-refractivity contribution is 6.31. The van der Waals surface area contributed by atoms with E-state index in [1.54, 1.807) is 6.07 Å². The molecule has 0 aliphatic rings. The van der Waals surface area contributed by atoms with E-state index in [0.717, 1.165) is 18.4 Å². The van der Waals surface area contributed by atoms with E-state index in [9.17, 15) is 4.79 Å². The van der Waals surface area contributed by atoms with Crippen LogP contribution in [0, 0.1) is 0 Å². The zero-order valence-electron chi connectivity index (χ0n) is 11.1. The molecule has 0 saturated heterocycles. The zero-order valence-corrected chi connectivity index (χ0v) is 11.8. The third-order valence-corrected chi connectivity index (χ3v) is 2.99. The predicted molar refractivity (Wildman–Crippen MR) is 77.7 cm³/mol. The summed E-state index contributed by atoms with van der Waals surface area (Å²) >= 11 is 5.98. The molecule has 0 spiro atoms. The molecular weight excluding hydrogens is 264 g/mol. The minimum absolute atomic E-state index is 0.0499. The maximum atomic E-state index is 11.5. The molecule has 5 N–H and O–H groups in total. The maximum Gasteiger partial charge on any atom is 0.329 e. The van der Waals surface area contributed by atoms with Gasteiger partial charge in [-0.1, -0.05) is 43.1 Å². The Morgan fingerprint density at radius 2 is 2.16 bits per heavy atom. The molecule has 0 unspecified atom stereocenters. The number of carbonyl (C=O) groups is 1. The Labute approximate surface area is 118 Å². The predicted octanol–water partition coefficient (Wildman–Crippen LogP) is 1.77. The largest absolute Gasteiger partial charge is 0.333 e. The van der Waals surface area contributed by atoms with Crippen molar-refractivity contribution in [2.75, 3.05) is 6.54 Å². The molecule has 2 amide bonds. The van der Waals surface area contributed by atoms with Crippen LogP contribution in [-0.4, -0.2) is 18.6 Å². The van der Waals surface area contributed by atoms with Crippen molar-refractivity contribution in [1.29, 1.82) is 0 Å². The van der Waals surface area contributed by atoms with E-state index < -0.39 is 0 Å². The SMILES string of the molecule is CCC[C@@H](N)CNNC(=O)NCc1ccccc1Cl. The number of urea groups is 1. The number of halogens is 1. The summed E-state index contributed by atoms with van der Waals surface area (Å²) in [6.07, 6.45) is 1.96. The molecule has 0 saturated carbocycles. The summed E-state index contributed by atoms with van der Waals surface area (Å²) in [4.78, 5) is 11.5. The van der Waals surface area contributed by atoms with Crippen LogP contribution in [0.1, 0.15) is 25.3 Å². The van der Waals surface area contributed by atoms with Gasteiger partial charge in [-0.05, 0) is 18.1 Å². The Hall–Kier alpha value is -1.30. The lowest BCUT2D eigenvalue weighted by atomic mass is 10.2. The molecule has 1 atom stereocenters. The van der Waals surface area contributed by atoms with Gasteiger partial charge >= 0.3 is 6.03 Å². The Bertz CT molecular complexity index is 400. The summed E-state index contributed by atoms with van der Waals surface area (Å²) in [7, 11) is 0. The molecule has 5 nitrogen and oxygen atoms in total. The minimum atomic E-state index is -0.302. The van der Waals surface area contributed by atoms with Crippen LogP contribution in [0.5, 0.6) is 0 Å². The van der Waals surface area contributed by atoms with Crippen LogP contribution < -0.4 is 21.9 Å². The van der Waals surface area contributed by atoms with Crippen molar-refractivity contribution in [3.05, 3.63) is 34.9 Å². The standard InChI is InChI=1S/C13H21ClN4O/c1-2-5-11(15)9-17-18-13(19)16-8-10-6-3-4-7-12(10)14/h3-4,6-7,11,17H,2,5,8-9,15H2,1H3,(H2,16,18,19)/t11-/m1/s1. The van der Waals surface area contributed by atoms with Crippen molar-refractivity contribution >= 4 is 17.6 Å². The molecule has 0 bridgehead atoms. The van der Waals surface area contributed by atoms with Crippen molar-refractivity contribution in [2.24, 2.45) is 5.73 Å². The molecular formula is C13H21ClN4O. The molecule has 106 valence electrons. The molecule has 0 aliphatic carbocycles. The molecule has 6 heteroatoms. The molecule has 1 rings (SSSR count).